The number of amides is 3. The standard InChI is InChI=1S/C21H22Cl2N4O5/c1-31-17-7-6-12(20-25-16-11-13(22)10-14(23)19(16)32-20)9-15(17)26-21(29)24-8-4-2-3-5-18(28)27-30/h6-7,9-11,30H,2-5,8H2,1H3,(H,27,28)(H2,24,26,29). The first-order valence-electron chi connectivity index (χ1n) is 9.83. The fourth-order valence-electron chi connectivity index (χ4n) is 3.03. The predicted octanol–water partition coefficient (Wildman–Crippen LogP) is 5.00. The molecule has 0 saturated heterocycles. The highest BCUT2D eigenvalue weighted by atomic mass is 35.5. The summed E-state index contributed by atoms with van der Waals surface area (Å²) in [6, 6.07) is 7.97. The Hall–Kier alpha value is -3.01. The number of halogens is 2. The number of hydroxylamine groups is 1. The lowest BCUT2D eigenvalue weighted by molar-refractivity contribution is -0.129. The highest BCUT2D eigenvalue weighted by Gasteiger charge is 2.15. The molecule has 3 amide bonds. The van der Waals surface area contributed by atoms with E-state index in [1.165, 1.54) is 7.11 Å². The number of anilines is 1. The van der Waals surface area contributed by atoms with Gasteiger partial charge in [0, 0.05) is 23.6 Å². The Bertz CT molecular complexity index is 1120. The number of benzene rings is 2. The monoisotopic (exact) mass is 480 g/mol. The lowest BCUT2D eigenvalue weighted by atomic mass is 10.2. The van der Waals surface area contributed by atoms with Crippen molar-refractivity contribution in [2.75, 3.05) is 19.0 Å². The summed E-state index contributed by atoms with van der Waals surface area (Å²) in [5, 5.41) is 14.8. The van der Waals surface area contributed by atoms with Gasteiger partial charge in [0.2, 0.25) is 11.8 Å². The van der Waals surface area contributed by atoms with Crippen molar-refractivity contribution in [3.63, 3.8) is 0 Å². The number of aromatic nitrogens is 1. The summed E-state index contributed by atoms with van der Waals surface area (Å²) in [5.74, 6) is 0.366. The minimum absolute atomic E-state index is 0.236. The highest BCUT2D eigenvalue weighted by molar-refractivity contribution is 6.38. The molecule has 0 aliphatic rings. The van der Waals surface area contributed by atoms with Crippen molar-refractivity contribution >= 4 is 51.9 Å². The van der Waals surface area contributed by atoms with Gasteiger partial charge in [0.05, 0.1) is 17.8 Å². The van der Waals surface area contributed by atoms with Crippen LogP contribution in [0.5, 0.6) is 5.75 Å². The van der Waals surface area contributed by atoms with Crippen molar-refractivity contribution in [3.8, 4) is 17.2 Å². The summed E-state index contributed by atoms with van der Waals surface area (Å²) in [7, 11) is 1.50. The minimum Gasteiger partial charge on any atom is -0.495 e. The average Bonchev–Trinajstić information content (AvgIpc) is 3.20. The smallest absolute Gasteiger partial charge is 0.319 e. The molecule has 0 aliphatic carbocycles. The molecule has 2 aromatic carbocycles. The van der Waals surface area contributed by atoms with E-state index in [0.29, 0.717) is 63.4 Å². The second-order valence-electron chi connectivity index (χ2n) is 6.90. The number of ether oxygens (including phenoxy) is 1. The third-order valence-electron chi connectivity index (χ3n) is 4.60. The molecule has 0 atom stereocenters. The summed E-state index contributed by atoms with van der Waals surface area (Å²) in [6.45, 7) is 0.430. The quantitative estimate of drug-likeness (QED) is 0.194. The van der Waals surface area contributed by atoms with Crippen LogP contribution in [0.2, 0.25) is 10.0 Å². The van der Waals surface area contributed by atoms with Crippen molar-refractivity contribution in [1.82, 2.24) is 15.8 Å². The van der Waals surface area contributed by atoms with E-state index < -0.39 is 11.9 Å². The summed E-state index contributed by atoms with van der Waals surface area (Å²) < 4.78 is 11.1. The third-order valence-corrected chi connectivity index (χ3v) is 5.09. The molecule has 9 nitrogen and oxygen atoms in total. The van der Waals surface area contributed by atoms with E-state index in [4.69, 9.17) is 37.6 Å². The number of hydrogen-bond acceptors (Lipinski definition) is 6. The van der Waals surface area contributed by atoms with Crippen LogP contribution in [0.15, 0.2) is 34.7 Å². The lowest BCUT2D eigenvalue weighted by Gasteiger charge is -2.12. The zero-order valence-electron chi connectivity index (χ0n) is 17.2. The van der Waals surface area contributed by atoms with Gasteiger partial charge < -0.3 is 19.8 Å². The number of nitrogens with zero attached hydrogens (tertiary/aromatic N) is 1. The first-order valence-corrected chi connectivity index (χ1v) is 10.6. The van der Waals surface area contributed by atoms with Crippen LogP contribution in [-0.4, -0.2) is 35.8 Å². The van der Waals surface area contributed by atoms with Gasteiger partial charge in [-0.1, -0.05) is 29.6 Å². The first-order chi connectivity index (χ1) is 15.4. The minimum atomic E-state index is -0.424. The Balaban J connectivity index is 1.64. The van der Waals surface area contributed by atoms with E-state index >= 15 is 0 Å². The number of urea groups is 1. The van der Waals surface area contributed by atoms with E-state index in [-0.39, 0.29) is 6.42 Å². The number of unbranched alkanes of at least 4 members (excludes halogenated alkanes) is 2. The maximum Gasteiger partial charge on any atom is 0.319 e. The topological polar surface area (TPSA) is 126 Å². The third kappa shape index (κ3) is 6.03. The molecule has 3 aromatic rings. The second kappa shape index (κ2) is 11.0. The molecular weight excluding hydrogens is 459 g/mol. The molecule has 0 aliphatic heterocycles. The fourth-order valence-corrected chi connectivity index (χ4v) is 3.55. The SMILES string of the molecule is COc1ccc(-c2nc3cc(Cl)cc(Cl)c3o2)cc1NC(=O)NCCCCCC(=O)NO. The van der Waals surface area contributed by atoms with Gasteiger partial charge in [0.25, 0.3) is 0 Å². The molecule has 1 heterocycles. The van der Waals surface area contributed by atoms with E-state index in [2.05, 4.69) is 15.6 Å². The van der Waals surface area contributed by atoms with Gasteiger partial charge in [-0.3, -0.25) is 10.0 Å². The molecule has 32 heavy (non-hydrogen) atoms. The van der Waals surface area contributed by atoms with E-state index in [1.54, 1.807) is 35.8 Å². The van der Waals surface area contributed by atoms with E-state index in [1.807, 2.05) is 0 Å². The van der Waals surface area contributed by atoms with Gasteiger partial charge in [0.1, 0.15) is 11.3 Å². The van der Waals surface area contributed by atoms with Gasteiger partial charge in [-0.25, -0.2) is 15.3 Å². The summed E-state index contributed by atoms with van der Waals surface area (Å²) in [4.78, 5) is 27.7. The maximum absolute atomic E-state index is 12.3. The Morgan fingerprint density at radius 1 is 1.16 bits per heavy atom. The summed E-state index contributed by atoms with van der Waals surface area (Å²) in [6.07, 6.45) is 2.28. The molecule has 1 aromatic heterocycles. The molecule has 170 valence electrons. The number of carbonyl (C=O) groups excluding carboxylic acids is 2. The fraction of sp³-hybridized carbons (Fsp3) is 0.286. The Morgan fingerprint density at radius 2 is 1.97 bits per heavy atom. The Labute approximate surface area is 194 Å². The zero-order valence-corrected chi connectivity index (χ0v) is 18.7. The number of carbonyl (C=O) groups is 2. The lowest BCUT2D eigenvalue weighted by Crippen LogP contribution is -2.29. The predicted molar refractivity (Wildman–Crippen MR) is 121 cm³/mol. The van der Waals surface area contributed by atoms with Crippen molar-refractivity contribution in [3.05, 3.63) is 40.4 Å². The number of rotatable bonds is 9. The Kier molecular flexibility index (Phi) is 8.15. The molecule has 0 unspecified atom stereocenters. The average molecular weight is 481 g/mol. The molecule has 11 heteroatoms. The van der Waals surface area contributed by atoms with Crippen LogP contribution in [0.1, 0.15) is 25.7 Å². The number of nitrogens with one attached hydrogen (secondary N) is 3. The van der Waals surface area contributed by atoms with Gasteiger partial charge >= 0.3 is 6.03 Å². The van der Waals surface area contributed by atoms with Crippen LogP contribution in [0.25, 0.3) is 22.6 Å². The van der Waals surface area contributed by atoms with Crippen LogP contribution in [0.4, 0.5) is 10.5 Å². The van der Waals surface area contributed by atoms with Crippen molar-refractivity contribution in [1.29, 1.82) is 0 Å². The van der Waals surface area contributed by atoms with Gasteiger partial charge in [-0.05, 0) is 43.2 Å². The van der Waals surface area contributed by atoms with Gasteiger partial charge in [-0.15, -0.1) is 0 Å². The number of hydrogen-bond donors (Lipinski definition) is 4. The summed E-state index contributed by atoms with van der Waals surface area (Å²) >= 11 is 12.2. The molecule has 0 radical (unpaired) electrons. The van der Waals surface area contributed by atoms with Crippen LogP contribution in [-0.2, 0) is 4.79 Å². The zero-order chi connectivity index (χ0) is 23.1. The summed E-state index contributed by atoms with van der Waals surface area (Å²) in [5.41, 5.74) is 3.59. The normalized spacial score (nSPS) is 10.8. The molecule has 3 rings (SSSR count). The van der Waals surface area contributed by atoms with Crippen molar-refractivity contribution < 1.29 is 24.0 Å². The molecule has 0 saturated carbocycles. The largest absolute Gasteiger partial charge is 0.495 e. The molecule has 0 bridgehead atoms. The maximum atomic E-state index is 12.3. The highest BCUT2D eigenvalue weighted by Crippen LogP contribution is 2.34. The van der Waals surface area contributed by atoms with Gasteiger partial charge in [0.15, 0.2) is 5.58 Å². The molecule has 0 fully saturated rings. The number of oxazole rings is 1. The molecule has 0 spiro atoms. The second-order valence-corrected chi connectivity index (χ2v) is 7.74. The van der Waals surface area contributed by atoms with Crippen LogP contribution < -0.4 is 20.9 Å². The number of fused-ring (bicyclic) bond motifs is 1. The Morgan fingerprint density at radius 3 is 2.72 bits per heavy atom. The molecular formula is C21H22Cl2N4O5. The first kappa shape index (κ1) is 23.6. The van der Waals surface area contributed by atoms with E-state index in [0.717, 1.165) is 6.42 Å². The molecule has 4 N–H and O–H groups in total. The number of methoxy groups -OCH3 is 1. The van der Waals surface area contributed by atoms with Crippen LogP contribution in [0, 0.1) is 0 Å². The van der Waals surface area contributed by atoms with Crippen LogP contribution in [0.3, 0.4) is 0 Å². The van der Waals surface area contributed by atoms with Crippen molar-refractivity contribution in [2.45, 2.75) is 25.7 Å². The van der Waals surface area contributed by atoms with Crippen LogP contribution >= 0.6 is 23.2 Å². The van der Waals surface area contributed by atoms with Crippen molar-refractivity contribution in [2.24, 2.45) is 0 Å². The van der Waals surface area contributed by atoms with E-state index in [9.17, 15) is 9.59 Å². The van der Waals surface area contributed by atoms with Gasteiger partial charge in [-0.2, -0.15) is 0 Å².